The van der Waals surface area contributed by atoms with Gasteiger partial charge in [0, 0.05) is 18.3 Å². The molecular weight excluding hydrogens is 298 g/mol. The van der Waals surface area contributed by atoms with Gasteiger partial charge >= 0.3 is 33.0 Å². The first kappa shape index (κ1) is 17.5. The third-order valence-electron chi connectivity index (χ3n) is 0.362. The molecule has 0 radical (unpaired) electrons. The summed E-state index contributed by atoms with van der Waals surface area (Å²) in [6, 6.07) is 0. The van der Waals surface area contributed by atoms with Gasteiger partial charge in [-0.25, -0.2) is 0 Å². The summed E-state index contributed by atoms with van der Waals surface area (Å²) in [5.41, 5.74) is 0. The van der Waals surface area contributed by atoms with Crippen LogP contribution in [0, 0.1) is 0 Å². The lowest BCUT2D eigenvalue weighted by Gasteiger charge is -1.61. The summed E-state index contributed by atoms with van der Waals surface area (Å²) < 4.78 is 48.7. The maximum Gasteiger partial charge on any atom is 0.766 e. The van der Waals surface area contributed by atoms with E-state index in [0.717, 1.165) is 0 Å². The fourth-order valence-corrected chi connectivity index (χ4v) is 1.22. The van der Waals surface area contributed by atoms with Crippen molar-refractivity contribution in [2.24, 2.45) is 5.90 Å². The van der Waals surface area contributed by atoms with E-state index < -0.39 is 33.0 Å². The van der Waals surface area contributed by atoms with E-state index in [0.29, 0.717) is 0 Å². The normalized spacial score (nSPS) is 13.3. The monoisotopic (exact) mass is 303 g/mol. The van der Waals surface area contributed by atoms with Crippen molar-refractivity contribution in [2.45, 2.75) is 0 Å². The number of hydrogen-bond donors (Lipinski definition) is 4. The lowest BCUT2D eigenvalue weighted by atomic mass is 13.6. The zero-order valence-electron chi connectivity index (χ0n) is 6.57. The molecule has 0 fully saturated rings. The summed E-state index contributed by atoms with van der Waals surface area (Å²) in [5, 5.41) is 0. The van der Waals surface area contributed by atoms with Gasteiger partial charge in [-0.05, 0) is 4.62 Å². The first-order chi connectivity index (χ1) is 6.79. The molecule has 0 bridgehead atoms. The van der Waals surface area contributed by atoms with E-state index in [1.54, 1.807) is 0 Å². The van der Waals surface area contributed by atoms with E-state index in [9.17, 15) is 18.3 Å². The van der Waals surface area contributed by atoms with Gasteiger partial charge in [0.05, 0.1) is 0 Å². The van der Waals surface area contributed by atoms with Crippen molar-refractivity contribution in [2.75, 3.05) is 0 Å². The van der Waals surface area contributed by atoms with Crippen molar-refractivity contribution in [3.05, 3.63) is 0 Å². The Hall–Kier alpha value is 0.120. The number of hydrogen-bond acceptors (Lipinski definition) is 8. The Morgan fingerprint density at radius 1 is 0.800 bits per heavy atom. The summed E-state index contributed by atoms with van der Waals surface area (Å²) in [5.74, 6) is 4.27. The van der Waals surface area contributed by atoms with Crippen LogP contribution in [0.25, 0.3) is 0 Å². The third-order valence-corrected chi connectivity index (χ3v) is 2.74. The quantitative estimate of drug-likeness (QED) is 0.409. The Kier molecular flexibility index (Phi) is 12.4. The summed E-state index contributed by atoms with van der Waals surface area (Å²) in [4.78, 5) is 23.2. The predicted molar refractivity (Wildman–Crippen MR) is 44.5 cm³/mol. The van der Waals surface area contributed by atoms with Crippen LogP contribution in [-0.4, -0.2) is 14.7 Å². The topological polar surface area (TPSA) is 183 Å². The lowest BCUT2D eigenvalue weighted by Crippen LogP contribution is -1.86. The average molecular weight is 303 g/mol. The van der Waals surface area contributed by atoms with Crippen LogP contribution < -0.4 is 5.90 Å². The van der Waals surface area contributed by atoms with Crippen molar-refractivity contribution in [1.82, 2.24) is 0 Å². The van der Waals surface area contributed by atoms with Crippen molar-refractivity contribution in [3.8, 4) is 0 Å². The molecule has 0 amide bonds. The van der Waals surface area contributed by atoms with E-state index in [1.807, 2.05) is 0 Å². The minimum absolute atomic E-state index is 2.62. The van der Waals surface area contributed by atoms with E-state index >= 15 is 0 Å². The fourth-order valence-electron chi connectivity index (χ4n) is 0.136. The minimum Gasteiger partial charge on any atom is -0.162 e. The molecule has 15 heteroatoms. The van der Waals surface area contributed by atoms with Gasteiger partial charge in [-0.2, -0.15) is 5.90 Å². The Labute approximate surface area is 85.9 Å². The number of rotatable bonds is 5. The second kappa shape index (κ2) is 10.6. The van der Waals surface area contributed by atoms with Crippen LogP contribution in [-0.2, 0) is 31.5 Å². The van der Waals surface area contributed by atoms with Crippen LogP contribution in [0.5, 0.6) is 0 Å². The van der Waals surface area contributed by atoms with Gasteiger partial charge in [-0.1, -0.05) is 0 Å². The third kappa shape index (κ3) is 20.3. The van der Waals surface area contributed by atoms with Gasteiger partial charge in [0.25, 0.3) is 0 Å². The molecule has 86 valence electrons. The summed E-state index contributed by atoms with van der Waals surface area (Å²) in [7, 11) is -11.4. The minimum atomic E-state index is -2.92. The van der Waals surface area contributed by atoms with Crippen LogP contribution in [0.1, 0.15) is 0 Å². The maximum atomic E-state index is 9.86. The van der Waals surface area contributed by atoms with Crippen LogP contribution in [0.4, 0.5) is 0 Å². The maximum absolute atomic E-state index is 9.86. The Morgan fingerprint density at radius 2 is 1.13 bits per heavy atom. The van der Waals surface area contributed by atoms with Gasteiger partial charge < -0.3 is 0 Å². The molecule has 4 unspecified atom stereocenters. The molecule has 0 saturated carbocycles. The SMILES string of the molecule is NO[P+](=O)O[P+](=O)O.O=[P+](O)O[P+](=O)O. The highest BCUT2D eigenvalue weighted by atomic mass is 31.2. The van der Waals surface area contributed by atoms with Gasteiger partial charge in [-0.3, -0.25) is 0 Å². The summed E-state index contributed by atoms with van der Waals surface area (Å²) in [6.45, 7) is 0. The van der Waals surface area contributed by atoms with E-state index in [4.69, 9.17) is 14.7 Å². The standard InChI is InChI=1S/H2NO5P2.O5P2/c1-5-8(4)6-7(2)3;1-6(2)5-7(3)4/h1H2;/q+1;/p+3. The molecule has 0 aliphatic carbocycles. The molecular formula is H5NO10P4+4. The molecule has 0 aliphatic rings. The highest BCUT2D eigenvalue weighted by Crippen LogP contribution is 2.33. The van der Waals surface area contributed by atoms with Gasteiger partial charge in [0.15, 0.2) is 8.62 Å². The second-order valence-electron chi connectivity index (χ2n) is 1.21. The van der Waals surface area contributed by atoms with E-state index in [2.05, 4.69) is 19.1 Å². The molecule has 0 heterocycles. The van der Waals surface area contributed by atoms with Crippen LogP contribution in [0.3, 0.4) is 0 Å². The number of nitrogens with two attached hydrogens (primary N) is 1. The Balaban J connectivity index is 0. The highest BCUT2D eigenvalue weighted by Gasteiger charge is 2.35. The predicted octanol–water partition coefficient (Wildman–Crippen LogP) is 0.503. The molecule has 5 N–H and O–H groups in total. The zero-order valence-corrected chi connectivity index (χ0v) is 10.1. The molecule has 11 nitrogen and oxygen atoms in total. The van der Waals surface area contributed by atoms with Crippen molar-refractivity contribution in [1.29, 1.82) is 0 Å². The first-order valence-electron chi connectivity index (χ1n) is 2.48. The second-order valence-corrected chi connectivity index (χ2v) is 4.60. The molecule has 0 aromatic rings. The first-order valence-corrected chi connectivity index (χ1v) is 6.97. The molecule has 0 aliphatic heterocycles. The van der Waals surface area contributed by atoms with Crippen molar-refractivity contribution < 1.29 is 46.2 Å². The van der Waals surface area contributed by atoms with Gasteiger partial charge in [0.2, 0.25) is 0 Å². The summed E-state index contributed by atoms with van der Waals surface area (Å²) >= 11 is 0. The molecule has 4 atom stereocenters. The Morgan fingerprint density at radius 3 is 1.20 bits per heavy atom. The Bertz CT molecular complexity index is 246. The molecule has 0 aromatic carbocycles. The van der Waals surface area contributed by atoms with E-state index in [1.165, 1.54) is 0 Å². The van der Waals surface area contributed by atoms with Crippen molar-refractivity contribution in [3.63, 3.8) is 0 Å². The average Bonchev–Trinajstić information content (AvgIpc) is 2.01. The smallest absolute Gasteiger partial charge is 0.162 e. The van der Waals surface area contributed by atoms with Crippen molar-refractivity contribution >= 4 is 33.0 Å². The largest absolute Gasteiger partial charge is 0.766 e. The van der Waals surface area contributed by atoms with Crippen LogP contribution >= 0.6 is 33.0 Å². The molecule has 0 saturated heterocycles. The lowest BCUT2D eigenvalue weighted by molar-refractivity contribution is 0.289. The van der Waals surface area contributed by atoms with Crippen LogP contribution in [0.15, 0.2) is 0 Å². The molecule has 15 heavy (non-hydrogen) atoms. The van der Waals surface area contributed by atoms with E-state index in [-0.39, 0.29) is 0 Å². The highest BCUT2D eigenvalue weighted by molar-refractivity contribution is 7.47. The zero-order chi connectivity index (χ0) is 12.4. The molecule has 0 rings (SSSR count). The fraction of sp³-hybridized carbons (Fsp3) is 0. The van der Waals surface area contributed by atoms with Gasteiger partial charge in [0.1, 0.15) is 0 Å². The van der Waals surface area contributed by atoms with Crippen LogP contribution in [0.2, 0.25) is 0 Å². The van der Waals surface area contributed by atoms with Gasteiger partial charge in [-0.15, -0.1) is 14.7 Å². The molecule has 0 aromatic heterocycles. The molecule has 0 spiro atoms. The summed E-state index contributed by atoms with van der Waals surface area (Å²) in [6.07, 6.45) is 0.